The first-order valence-electron chi connectivity index (χ1n) is 11.6. The number of likely N-dealkylation sites (tertiary alicyclic amines) is 1. The van der Waals surface area contributed by atoms with Crippen molar-refractivity contribution in [3.8, 4) is 0 Å². The number of carbonyl (C=O) groups excluding carboxylic acids is 1. The van der Waals surface area contributed by atoms with Gasteiger partial charge in [0.25, 0.3) is 0 Å². The van der Waals surface area contributed by atoms with Crippen LogP contribution in [0.2, 0.25) is 0 Å². The molecular formula is C23H36N2O6S2. The number of benzene rings is 1. The SMILES string of the molecule is CC(C)S(=O)(=O)CC1CCN(C(=O)Cc2cccc(S(=O)(=O)N3C[C@@H](C)O[C@@H](C)C3)c2)CC1. The predicted octanol–water partition coefficient (Wildman–Crippen LogP) is 2.09. The Morgan fingerprint density at radius 2 is 1.67 bits per heavy atom. The third-order valence-electron chi connectivity index (χ3n) is 6.43. The summed E-state index contributed by atoms with van der Waals surface area (Å²) in [5.74, 6) is 0.183. The molecule has 0 bridgehead atoms. The normalized spacial score (nSPS) is 23.7. The number of morpholine rings is 1. The van der Waals surface area contributed by atoms with Crippen LogP contribution < -0.4 is 0 Å². The van der Waals surface area contributed by atoms with Crippen LogP contribution in [-0.4, -0.2) is 81.3 Å². The molecule has 2 aliphatic heterocycles. The highest BCUT2D eigenvalue weighted by Crippen LogP contribution is 2.24. The minimum atomic E-state index is -3.67. The zero-order valence-corrected chi connectivity index (χ0v) is 21.6. The second-order valence-corrected chi connectivity index (χ2v) is 14.1. The highest BCUT2D eigenvalue weighted by atomic mass is 32.2. The second-order valence-electron chi connectivity index (χ2n) is 9.61. The third-order valence-corrected chi connectivity index (χ3v) is 10.6. The zero-order chi connectivity index (χ0) is 24.4. The number of ether oxygens (including phenoxy) is 1. The lowest BCUT2D eigenvalue weighted by molar-refractivity contribution is -0.131. The van der Waals surface area contributed by atoms with Crippen molar-refractivity contribution in [2.45, 2.75) is 69.3 Å². The van der Waals surface area contributed by atoms with E-state index >= 15 is 0 Å². The Bertz CT molecular complexity index is 1040. The molecule has 0 aromatic heterocycles. The molecule has 0 saturated carbocycles. The van der Waals surface area contributed by atoms with Crippen LogP contribution in [0.15, 0.2) is 29.2 Å². The Morgan fingerprint density at radius 3 is 2.24 bits per heavy atom. The Hall–Kier alpha value is -1.49. The molecule has 1 aromatic carbocycles. The number of sulfone groups is 1. The van der Waals surface area contributed by atoms with E-state index in [0.717, 1.165) is 0 Å². The first-order valence-corrected chi connectivity index (χ1v) is 14.8. The Balaban J connectivity index is 1.61. The molecule has 10 heteroatoms. The van der Waals surface area contributed by atoms with Crippen LogP contribution >= 0.6 is 0 Å². The number of hydrogen-bond donors (Lipinski definition) is 0. The second kappa shape index (κ2) is 10.4. The molecule has 2 atom stereocenters. The number of amides is 1. The highest BCUT2D eigenvalue weighted by Gasteiger charge is 2.33. The van der Waals surface area contributed by atoms with Gasteiger partial charge in [-0.3, -0.25) is 4.79 Å². The van der Waals surface area contributed by atoms with Gasteiger partial charge in [-0.15, -0.1) is 0 Å². The topological polar surface area (TPSA) is 101 Å². The van der Waals surface area contributed by atoms with Gasteiger partial charge in [0.1, 0.15) is 0 Å². The number of piperidine rings is 1. The van der Waals surface area contributed by atoms with E-state index in [0.29, 0.717) is 44.6 Å². The summed E-state index contributed by atoms with van der Waals surface area (Å²) in [6, 6.07) is 6.59. The summed E-state index contributed by atoms with van der Waals surface area (Å²) in [4.78, 5) is 14.8. The number of carbonyl (C=O) groups is 1. The molecule has 3 rings (SSSR count). The van der Waals surface area contributed by atoms with E-state index in [1.165, 1.54) is 4.31 Å². The lowest BCUT2D eigenvalue weighted by atomic mass is 9.98. The van der Waals surface area contributed by atoms with Crippen molar-refractivity contribution in [1.29, 1.82) is 0 Å². The first-order chi connectivity index (χ1) is 15.4. The van der Waals surface area contributed by atoms with Crippen LogP contribution in [0.4, 0.5) is 0 Å². The van der Waals surface area contributed by atoms with Crippen molar-refractivity contribution in [2.24, 2.45) is 5.92 Å². The minimum Gasteiger partial charge on any atom is -0.373 e. The van der Waals surface area contributed by atoms with Crippen LogP contribution in [0.3, 0.4) is 0 Å². The largest absolute Gasteiger partial charge is 0.373 e. The van der Waals surface area contributed by atoms with E-state index in [1.807, 2.05) is 13.8 Å². The van der Waals surface area contributed by atoms with Gasteiger partial charge < -0.3 is 9.64 Å². The summed E-state index contributed by atoms with van der Waals surface area (Å²) in [6.07, 6.45) is 1.10. The van der Waals surface area contributed by atoms with Crippen LogP contribution in [-0.2, 0) is 35.8 Å². The van der Waals surface area contributed by atoms with E-state index in [9.17, 15) is 21.6 Å². The summed E-state index contributed by atoms with van der Waals surface area (Å²) in [7, 11) is -6.76. The van der Waals surface area contributed by atoms with Gasteiger partial charge in [-0.25, -0.2) is 16.8 Å². The molecule has 0 spiro atoms. The molecule has 0 radical (unpaired) electrons. The van der Waals surface area contributed by atoms with Gasteiger partial charge in [-0.2, -0.15) is 4.31 Å². The van der Waals surface area contributed by atoms with Gasteiger partial charge >= 0.3 is 0 Å². The summed E-state index contributed by atoms with van der Waals surface area (Å²) in [5.41, 5.74) is 0.653. The van der Waals surface area contributed by atoms with Crippen molar-refractivity contribution in [3.63, 3.8) is 0 Å². The number of rotatable bonds is 7. The standard InChI is InChI=1S/C23H36N2O6S2/c1-17(2)32(27,28)16-20-8-10-24(11-9-20)23(26)13-21-6-5-7-22(12-21)33(29,30)25-14-18(3)31-19(4)15-25/h5-7,12,17-20H,8-11,13-16H2,1-4H3/t18-,19+. The summed E-state index contributed by atoms with van der Waals surface area (Å²) in [5, 5.41) is -0.385. The average Bonchev–Trinajstić information content (AvgIpc) is 2.73. The number of nitrogens with zero attached hydrogens (tertiary/aromatic N) is 2. The molecule has 2 aliphatic rings. The molecule has 8 nitrogen and oxygen atoms in total. The fourth-order valence-corrected chi connectivity index (χ4v) is 7.49. The predicted molar refractivity (Wildman–Crippen MR) is 127 cm³/mol. The molecule has 0 unspecified atom stereocenters. The maximum atomic E-state index is 13.1. The Morgan fingerprint density at radius 1 is 1.06 bits per heavy atom. The van der Waals surface area contributed by atoms with Gasteiger partial charge in [0.05, 0.1) is 34.5 Å². The third kappa shape index (κ3) is 6.55. The Kier molecular flexibility index (Phi) is 8.24. The summed E-state index contributed by atoms with van der Waals surface area (Å²) >= 11 is 0. The fraction of sp³-hybridized carbons (Fsp3) is 0.696. The van der Waals surface area contributed by atoms with E-state index in [1.54, 1.807) is 43.0 Å². The van der Waals surface area contributed by atoms with Crippen molar-refractivity contribution >= 4 is 25.8 Å². The fourth-order valence-electron chi connectivity index (χ4n) is 4.45. The van der Waals surface area contributed by atoms with Crippen molar-refractivity contribution in [3.05, 3.63) is 29.8 Å². The smallest absolute Gasteiger partial charge is 0.243 e. The van der Waals surface area contributed by atoms with Gasteiger partial charge in [0, 0.05) is 26.2 Å². The molecule has 0 aliphatic carbocycles. The number of sulfonamides is 1. The van der Waals surface area contributed by atoms with Crippen LogP contribution in [0.1, 0.15) is 46.1 Å². The molecular weight excluding hydrogens is 464 g/mol. The van der Waals surface area contributed by atoms with Crippen molar-refractivity contribution in [1.82, 2.24) is 9.21 Å². The highest BCUT2D eigenvalue weighted by molar-refractivity contribution is 7.92. The average molecular weight is 501 g/mol. The summed E-state index contributed by atoms with van der Waals surface area (Å²) in [6.45, 7) is 8.76. The number of hydrogen-bond acceptors (Lipinski definition) is 6. The van der Waals surface area contributed by atoms with Crippen LogP contribution in [0.25, 0.3) is 0 Å². The molecule has 186 valence electrons. The van der Waals surface area contributed by atoms with Crippen LogP contribution in [0, 0.1) is 5.92 Å². The lowest BCUT2D eigenvalue weighted by Gasteiger charge is -2.34. The minimum absolute atomic E-state index is 0.0664. The lowest BCUT2D eigenvalue weighted by Crippen LogP contribution is -2.48. The van der Waals surface area contributed by atoms with E-state index in [4.69, 9.17) is 4.74 Å². The maximum Gasteiger partial charge on any atom is 0.243 e. The van der Waals surface area contributed by atoms with Crippen molar-refractivity contribution in [2.75, 3.05) is 31.9 Å². The van der Waals surface area contributed by atoms with E-state index in [2.05, 4.69) is 0 Å². The van der Waals surface area contributed by atoms with Crippen molar-refractivity contribution < 1.29 is 26.4 Å². The van der Waals surface area contributed by atoms with E-state index in [-0.39, 0.29) is 46.4 Å². The first kappa shape index (κ1) is 26.1. The molecule has 33 heavy (non-hydrogen) atoms. The quantitative estimate of drug-likeness (QED) is 0.568. The van der Waals surface area contributed by atoms with Gasteiger partial charge in [0.2, 0.25) is 15.9 Å². The molecule has 2 heterocycles. The monoisotopic (exact) mass is 500 g/mol. The molecule has 2 fully saturated rings. The molecule has 0 N–H and O–H groups in total. The van der Waals surface area contributed by atoms with Crippen LogP contribution in [0.5, 0.6) is 0 Å². The van der Waals surface area contributed by atoms with E-state index < -0.39 is 19.9 Å². The van der Waals surface area contributed by atoms with Gasteiger partial charge in [-0.05, 0) is 64.2 Å². The molecule has 1 amide bonds. The summed E-state index contributed by atoms with van der Waals surface area (Å²) < 4.78 is 57.7. The Labute approximate surface area is 198 Å². The van der Waals surface area contributed by atoms with Gasteiger partial charge in [-0.1, -0.05) is 12.1 Å². The zero-order valence-electron chi connectivity index (χ0n) is 19.9. The van der Waals surface area contributed by atoms with Gasteiger partial charge in [0.15, 0.2) is 9.84 Å². The maximum absolute atomic E-state index is 13.1. The molecule has 2 saturated heterocycles. The molecule has 1 aromatic rings.